The predicted octanol–water partition coefficient (Wildman–Crippen LogP) is 2.47. The standard InChI is InChI=1S/C22H28ClN5O3/c1-14(2)9-10-24-21(31)22(3)13-28-18(20(30)27(22)4)11-17(26-28)19(29)25-12-15-5-7-16(23)8-6-15/h5-8,11,14H,9-10,12-13H2,1-4H3,(H,24,31)(H,25,29)/t22-/m1/s1. The quantitative estimate of drug-likeness (QED) is 0.684. The summed E-state index contributed by atoms with van der Waals surface area (Å²) in [6.07, 6.45) is 0.852. The highest BCUT2D eigenvalue weighted by atomic mass is 35.5. The highest BCUT2D eigenvalue weighted by molar-refractivity contribution is 6.30. The van der Waals surface area contributed by atoms with Gasteiger partial charge in [0.15, 0.2) is 5.69 Å². The molecule has 3 rings (SSSR count). The summed E-state index contributed by atoms with van der Waals surface area (Å²) in [4.78, 5) is 39.8. The van der Waals surface area contributed by atoms with Crippen LogP contribution in [0.1, 0.15) is 53.7 Å². The summed E-state index contributed by atoms with van der Waals surface area (Å²) in [5.41, 5.74) is 0.217. The maximum Gasteiger partial charge on any atom is 0.272 e. The van der Waals surface area contributed by atoms with Gasteiger partial charge in [0.1, 0.15) is 11.2 Å². The fourth-order valence-corrected chi connectivity index (χ4v) is 3.50. The van der Waals surface area contributed by atoms with E-state index in [0.29, 0.717) is 24.0 Å². The Labute approximate surface area is 186 Å². The lowest BCUT2D eigenvalue weighted by Crippen LogP contribution is -2.62. The van der Waals surface area contributed by atoms with Crippen LogP contribution in [0.15, 0.2) is 30.3 Å². The zero-order valence-electron chi connectivity index (χ0n) is 18.2. The number of rotatable bonds is 7. The van der Waals surface area contributed by atoms with Crippen molar-refractivity contribution in [2.75, 3.05) is 13.6 Å². The van der Waals surface area contributed by atoms with Gasteiger partial charge in [0.25, 0.3) is 11.8 Å². The molecule has 2 N–H and O–H groups in total. The highest BCUT2D eigenvalue weighted by Gasteiger charge is 2.46. The Bertz CT molecular complexity index is 986. The summed E-state index contributed by atoms with van der Waals surface area (Å²) in [6.45, 7) is 6.89. The molecule has 1 aliphatic heterocycles. The number of carbonyl (C=O) groups is 3. The van der Waals surface area contributed by atoms with Gasteiger partial charge in [0, 0.05) is 31.2 Å². The molecule has 1 aromatic carbocycles. The number of carbonyl (C=O) groups excluding carboxylic acids is 3. The molecule has 0 unspecified atom stereocenters. The number of hydrogen-bond donors (Lipinski definition) is 2. The van der Waals surface area contributed by atoms with E-state index < -0.39 is 11.4 Å². The molecule has 2 heterocycles. The average molecular weight is 446 g/mol. The average Bonchev–Trinajstić information content (AvgIpc) is 3.15. The lowest BCUT2D eigenvalue weighted by Gasteiger charge is -2.40. The van der Waals surface area contributed by atoms with Crippen LogP contribution in [0.5, 0.6) is 0 Å². The van der Waals surface area contributed by atoms with E-state index in [1.807, 2.05) is 12.1 Å². The van der Waals surface area contributed by atoms with Gasteiger partial charge in [-0.05, 0) is 37.0 Å². The maximum absolute atomic E-state index is 12.9. The number of amides is 3. The molecule has 166 valence electrons. The molecule has 31 heavy (non-hydrogen) atoms. The molecule has 1 aliphatic rings. The van der Waals surface area contributed by atoms with Crippen LogP contribution >= 0.6 is 11.6 Å². The van der Waals surface area contributed by atoms with Gasteiger partial charge in [0.2, 0.25) is 5.91 Å². The number of aromatic nitrogens is 2. The number of halogens is 1. The van der Waals surface area contributed by atoms with E-state index in [1.54, 1.807) is 26.1 Å². The minimum Gasteiger partial charge on any atom is -0.354 e. The number of nitrogens with one attached hydrogen (secondary N) is 2. The summed E-state index contributed by atoms with van der Waals surface area (Å²) in [5.74, 6) is -0.517. The molecule has 0 aliphatic carbocycles. The molecule has 3 amide bonds. The fourth-order valence-electron chi connectivity index (χ4n) is 3.38. The van der Waals surface area contributed by atoms with Crippen LogP contribution < -0.4 is 10.6 Å². The zero-order valence-corrected chi connectivity index (χ0v) is 19.0. The highest BCUT2D eigenvalue weighted by Crippen LogP contribution is 2.26. The van der Waals surface area contributed by atoms with E-state index in [-0.39, 0.29) is 29.7 Å². The zero-order chi connectivity index (χ0) is 22.8. The molecule has 2 aromatic rings. The molecular formula is C22H28ClN5O3. The Kier molecular flexibility index (Phi) is 6.69. The van der Waals surface area contributed by atoms with Gasteiger partial charge in [-0.3, -0.25) is 19.1 Å². The third-order valence-electron chi connectivity index (χ3n) is 5.60. The summed E-state index contributed by atoms with van der Waals surface area (Å²) in [7, 11) is 1.60. The van der Waals surface area contributed by atoms with Crippen LogP contribution in [0.25, 0.3) is 0 Å². The fraction of sp³-hybridized carbons (Fsp3) is 0.455. The Morgan fingerprint density at radius 1 is 1.23 bits per heavy atom. The lowest BCUT2D eigenvalue weighted by atomic mass is 9.95. The van der Waals surface area contributed by atoms with Crippen molar-refractivity contribution in [2.45, 2.75) is 45.8 Å². The molecule has 0 saturated carbocycles. The van der Waals surface area contributed by atoms with Crippen molar-refractivity contribution in [3.8, 4) is 0 Å². The van der Waals surface area contributed by atoms with Gasteiger partial charge in [-0.1, -0.05) is 37.6 Å². The van der Waals surface area contributed by atoms with Crippen molar-refractivity contribution in [2.24, 2.45) is 5.92 Å². The van der Waals surface area contributed by atoms with Gasteiger partial charge in [0.05, 0.1) is 6.54 Å². The van der Waals surface area contributed by atoms with Crippen LogP contribution in [0, 0.1) is 5.92 Å². The van der Waals surface area contributed by atoms with E-state index in [1.165, 1.54) is 15.6 Å². The number of benzene rings is 1. The largest absolute Gasteiger partial charge is 0.354 e. The van der Waals surface area contributed by atoms with Gasteiger partial charge < -0.3 is 15.5 Å². The van der Waals surface area contributed by atoms with Crippen molar-refractivity contribution in [1.29, 1.82) is 0 Å². The topological polar surface area (TPSA) is 96.3 Å². The van der Waals surface area contributed by atoms with Crippen LogP contribution in [0.4, 0.5) is 0 Å². The van der Waals surface area contributed by atoms with E-state index in [2.05, 4.69) is 29.6 Å². The lowest BCUT2D eigenvalue weighted by molar-refractivity contribution is -0.132. The minimum atomic E-state index is -1.09. The normalized spacial score (nSPS) is 18.1. The Hall–Kier alpha value is -2.87. The first-order valence-corrected chi connectivity index (χ1v) is 10.7. The van der Waals surface area contributed by atoms with Crippen LogP contribution in [-0.4, -0.2) is 51.5 Å². The summed E-state index contributed by atoms with van der Waals surface area (Å²) in [5, 5.41) is 10.6. The van der Waals surface area contributed by atoms with Gasteiger partial charge in [-0.2, -0.15) is 5.10 Å². The van der Waals surface area contributed by atoms with Crippen molar-refractivity contribution >= 4 is 29.3 Å². The van der Waals surface area contributed by atoms with Crippen molar-refractivity contribution < 1.29 is 14.4 Å². The van der Waals surface area contributed by atoms with Crippen molar-refractivity contribution in [3.05, 3.63) is 52.3 Å². The Morgan fingerprint density at radius 2 is 1.90 bits per heavy atom. The molecule has 1 atom stereocenters. The SMILES string of the molecule is CC(C)CCNC(=O)[C@@]1(C)Cn2nc(C(=O)NCc3ccc(Cl)cc3)cc2C(=O)N1C. The maximum atomic E-state index is 12.9. The first-order chi connectivity index (χ1) is 14.6. The number of fused-ring (bicyclic) bond motifs is 1. The van der Waals surface area contributed by atoms with Crippen molar-refractivity contribution in [1.82, 2.24) is 25.3 Å². The summed E-state index contributed by atoms with van der Waals surface area (Å²) >= 11 is 5.88. The van der Waals surface area contributed by atoms with Crippen LogP contribution in [-0.2, 0) is 17.9 Å². The number of hydrogen-bond acceptors (Lipinski definition) is 4. The first kappa shape index (κ1) is 22.8. The van der Waals surface area contributed by atoms with Gasteiger partial charge >= 0.3 is 0 Å². The van der Waals surface area contributed by atoms with Gasteiger partial charge in [-0.15, -0.1) is 0 Å². The molecule has 1 aromatic heterocycles. The molecule has 0 spiro atoms. The third-order valence-corrected chi connectivity index (χ3v) is 5.85. The molecule has 9 heteroatoms. The monoisotopic (exact) mass is 445 g/mol. The smallest absolute Gasteiger partial charge is 0.272 e. The first-order valence-electron chi connectivity index (χ1n) is 10.3. The molecule has 0 radical (unpaired) electrons. The summed E-state index contributed by atoms with van der Waals surface area (Å²) in [6, 6.07) is 8.61. The second kappa shape index (κ2) is 9.09. The third kappa shape index (κ3) is 4.90. The minimum absolute atomic E-state index is 0.134. The van der Waals surface area contributed by atoms with Crippen LogP contribution in [0.2, 0.25) is 5.02 Å². The molecular weight excluding hydrogens is 418 g/mol. The van der Waals surface area contributed by atoms with Gasteiger partial charge in [-0.25, -0.2) is 0 Å². The number of nitrogens with zero attached hydrogens (tertiary/aromatic N) is 3. The van der Waals surface area contributed by atoms with Crippen LogP contribution in [0.3, 0.4) is 0 Å². The van der Waals surface area contributed by atoms with E-state index >= 15 is 0 Å². The summed E-state index contributed by atoms with van der Waals surface area (Å²) < 4.78 is 1.45. The molecule has 0 bridgehead atoms. The van der Waals surface area contributed by atoms with E-state index in [0.717, 1.165) is 12.0 Å². The Balaban J connectivity index is 1.72. The predicted molar refractivity (Wildman–Crippen MR) is 118 cm³/mol. The van der Waals surface area contributed by atoms with Crippen molar-refractivity contribution in [3.63, 3.8) is 0 Å². The molecule has 0 saturated heterocycles. The molecule has 8 nitrogen and oxygen atoms in total. The Morgan fingerprint density at radius 3 is 2.55 bits per heavy atom. The molecule has 0 fully saturated rings. The second-order valence-corrected chi connectivity index (χ2v) is 8.89. The second-order valence-electron chi connectivity index (χ2n) is 8.46. The number of likely N-dealkylation sites (N-methyl/N-ethyl adjacent to an activating group) is 1. The van der Waals surface area contributed by atoms with E-state index in [4.69, 9.17) is 11.6 Å². The van der Waals surface area contributed by atoms with E-state index in [9.17, 15) is 14.4 Å².